The van der Waals surface area contributed by atoms with Crippen molar-refractivity contribution in [3.63, 3.8) is 0 Å². The van der Waals surface area contributed by atoms with Crippen LogP contribution in [0.15, 0.2) is 24.3 Å². The van der Waals surface area contributed by atoms with Crippen molar-refractivity contribution in [1.82, 2.24) is 10.2 Å². The van der Waals surface area contributed by atoms with Crippen LogP contribution < -0.4 is 11.1 Å². The van der Waals surface area contributed by atoms with E-state index in [0.717, 1.165) is 62.6 Å². The summed E-state index contributed by atoms with van der Waals surface area (Å²) in [5, 5.41) is 3.81. The summed E-state index contributed by atoms with van der Waals surface area (Å²) in [5.41, 5.74) is 6.73. The number of amides is 1. The standard InChI is InChI=1S/C18H26ClN3O2.2ClH/c19-15-5-3-14(4-6-15)16(22-9-11-24-12-10-22)13-21-17(23)18(20)7-1-2-8-18;;/h3-6,16H,1-2,7-13,20H2,(H,21,23);2*1H. The zero-order valence-corrected chi connectivity index (χ0v) is 17.2. The highest BCUT2D eigenvalue weighted by Gasteiger charge is 2.37. The monoisotopic (exact) mass is 423 g/mol. The number of hydrogen-bond acceptors (Lipinski definition) is 4. The average molecular weight is 425 g/mol. The molecule has 1 saturated heterocycles. The molecule has 1 unspecified atom stereocenters. The van der Waals surface area contributed by atoms with Gasteiger partial charge in [0.2, 0.25) is 5.91 Å². The molecule has 3 rings (SSSR count). The van der Waals surface area contributed by atoms with Crippen LogP contribution in [0.3, 0.4) is 0 Å². The zero-order chi connectivity index (χ0) is 17.0. The van der Waals surface area contributed by atoms with Crippen molar-refractivity contribution in [2.24, 2.45) is 5.73 Å². The van der Waals surface area contributed by atoms with E-state index in [0.29, 0.717) is 6.54 Å². The number of halogens is 3. The van der Waals surface area contributed by atoms with Gasteiger partial charge in [-0.15, -0.1) is 24.8 Å². The molecule has 1 amide bonds. The molecular weight excluding hydrogens is 397 g/mol. The number of morpholine rings is 1. The molecule has 1 aromatic carbocycles. The molecule has 1 aromatic rings. The maximum absolute atomic E-state index is 12.5. The number of nitrogens with zero attached hydrogens (tertiary/aromatic N) is 1. The van der Waals surface area contributed by atoms with E-state index in [1.165, 1.54) is 0 Å². The molecule has 2 fully saturated rings. The fourth-order valence-electron chi connectivity index (χ4n) is 3.63. The van der Waals surface area contributed by atoms with Gasteiger partial charge in [0.05, 0.1) is 24.8 Å². The molecule has 26 heavy (non-hydrogen) atoms. The second kappa shape index (κ2) is 10.7. The van der Waals surface area contributed by atoms with Gasteiger partial charge in [0, 0.05) is 24.7 Å². The molecule has 1 aliphatic heterocycles. The van der Waals surface area contributed by atoms with Gasteiger partial charge in [-0.3, -0.25) is 9.69 Å². The van der Waals surface area contributed by atoms with Crippen molar-refractivity contribution in [2.75, 3.05) is 32.8 Å². The van der Waals surface area contributed by atoms with Gasteiger partial charge in [0.15, 0.2) is 0 Å². The van der Waals surface area contributed by atoms with Crippen LogP contribution in [-0.4, -0.2) is 49.2 Å². The van der Waals surface area contributed by atoms with E-state index in [9.17, 15) is 4.79 Å². The molecule has 5 nitrogen and oxygen atoms in total. The first-order chi connectivity index (χ1) is 11.6. The molecule has 3 N–H and O–H groups in total. The number of rotatable bonds is 5. The molecule has 1 aliphatic carbocycles. The Morgan fingerprint density at radius 3 is 2.35 bits per heavy atom. The molecule has 1 heterocycles. The molecule has 1 atom stereocenters. The number of carbonyl (C=O) groups excluding carboxylic acids is 1. The number of nitrogens with one attached hydrogen (secondary N) is 1. The van der Waals surface area contributed by atoms with Gasteiger partial charge >= 0.3 is 0 Å². The van der Waals surface area contributed by atoms with Crippen LogP contribution >= 0.6 is 36.4 Å². The summed E-state index contributed by atoms with van der Waals surface area (Å²) in [6, 6.07) is 7.96. The van der Waals surface area contributed by atoms with Gasteiger partial charge in [0.25, 0.3) is 0 Å². The number of ether oxygens (including phenoxy) is 1. The Balaban J connectivity index is 0.00000169. The highest BCUT2D eigenvalue weighted by molar-refractivity contribution is 6.30. The first-order valence-corrected chi connectivity index (χ1v) is 9.11. The van der Waals surface area contributed by atoms with E-state index in [-0.39, 0.29) is 36.8 Å². The Hall–Kier alpha value is -0.560. The highest BCUT2D eigenvalue weighted by Crippen LogP contribution is 2.28. The van der Waals surface area contributed by atoms with Crippen LogP contribution in [-0.2, 0) is 9.53 Å². The topological polar surface area (TPSA) is 67.6 Å². The van der Waals surface area contributed by atoms with Gasteiger partial charge in [-0.2, -0.15) is 0 Å². The van der Waals surface area contributed by atoms with Crippen LogP contribution in [0, 0.1) is 0 Å². The van der Waals surface area contributed by atoms with Gasteiger partial charge in [0.1, 0.15) is 0 Å². The smallest absolute Gasteiger partial charge is 0.240 e. The Morgan fingerprint density at radius 1 is 1.19 bits per heavy atom. The van der Waals surface area contributed by atoms with Gasteiger partial charge in [-0.25, -0.2) is 0 Å². The first-order valence-electron chi connectivity index (χ1n) is 8.73. The van der Waals surface area contributed by atoms with E-state index in [1.807, 2.05) is 24.3 Å². The molecule has 1 saturated carbocycles. The zero-order valence-electron chi connectivity index (χ0n) is 14.8. The number of hydrogen-bond donors (Lipinski definition) is 2. The fraction of sp³-hybridized carbons (Fsp3) is 0.611. The molecule has 0 radical (unpaired) electrons. The summed E-state index contributed by atoms with van der Waals surface area (Å²) in [7, 11) is 0. The van der Waals surface area contributed by atoms with Gasteiger partial charge in [-0.05, 0) is 30.5 Å². The van der Waals surface area contributed by atoms with Crippen molar-refractivity contribution in [1.29, 1.82) is 0 Å². The number of carbonyl (C=O) groups is 1. The Morgan fingerprint density at radius 2 is 1.77 bits per heavy atom. The second-order valence-corrected chi connectivity index (χ2v) is 7.23. The van der Waals surface area contributed by atoms with E-state index in [4.69, 9.17) is 22.1 Å². The van der Waals surface area contributed by atoms with Crippen LogP contribution in [0.2, 0.25) is 5.02 Å². The minimum absolute atomic E-state index is 0. The van der Waals surface area contributed by atoms with E-state index < -0.39 is 5.54 Å². The lowest BCUT2D eigenvalue weighted by atomic mass is 9.97. The van der Waals surface area contributed by atoms with Crippen LogP contribution in [0.4, 0.5) is 0 Å². The Bertz CT molecular complexity index is 559. The number of nitrogens with two attached hydrogens (primary N) is 1. The third-order valence-electron chi connectivity index (χ3n) is 5.15. The van der Waals surface area contributed by atoms with Crippen LogP contribution in [0.25, 0.3) is 0 Å². The molecule has 148 valence electrons. The van der Waals surface area contributed by atoms with E-state index >= 15 is 0 Å². The largest absolute Gasteiger partial charge is 0.379 e. The summed E-state index contributed by atoms with van der Waals surface area (Å²) < 4.78 is 5.46. The highest BCUT2D eigenvalue weighted by atomic mass is 35.5. The normalized spacial score (nSPS) is 20.5. The van der Waals surface area contributed by atoms with Gasteiger partial charge in [-0.1, -0.05) is 36.6 Å². The fourth-order valence-corrected chi connectivity index (χ4v) is 3.76. The van der Waals surface area contributed by atoms with Crippen molar-refractivity contribution < 1.29 is 9.53 Å². The van der Waals surface area contributed by atoms with Crippen LogP contribution in [0.1, 0.15) is 37.3 Å². The average Bonchev–Trinajstić information content (AvgIpc) is 3.05. The maximum Gasteiger partial charge on any atom is 0.240 e. The quantitative estimate of drug-likeness (QED) is 0.762. The third-order valence-corrected chi connectivity index (χ3v) is 5.40. The lowest BCUT2D eigenvalue weighted by Gasteiger charge is -2.35. The Labute approximate surface area is 172 Å². The molecular formula is C18H28Cl3N3O2. The third kappa shape index (κ3) is 5.72. The number of benzene rings is 1. The minimum Gasteiger partial charge on any atom is -0.379 e. The molecule has 0 bridgehead atoms. The van der Waals surface area contributed by atoms with E-state index in [2.05, 4.69) is 10.2 Å². The lowest BCUT2D eigenvalue weighted by Crippen LogP contribution is -2.54. The summed E-state index contributed by atoms with van der Waals surface area (Å²) in [4.78, 5) is 14.9. The summed E-state index contributed by atoms with van der Waals surface area (Å²) in [6.45, 7) is 3.71. The predicted molar refractivity (Wildman–Crippen MR) is 109 cm³/mol. The van der Waals surface area contributed by atoms with Crippen molar-refractivity contribution >= 4 is 42.3 Å². The second-order valence-electron chi connectivity index (χ2n) is 6.79. The molecule has 0 aromatic heterocycles. The SMILES string of the molecule is Cl.Cl.NC1(C(=O)NCC(c2ccc(Cl)cc2)N2CCOCC2)CCCC1. The van der Waals surface area contributed by atoms with Gasteiger partial charge < -0.3 is 15.8 Å². The molecule has 8 heteroatoms. The summed E-state index contributed by atoms with van der Waals surface area (Å²) >= 11 is 6.01. The van der Waals surface area contributed by atoms with Crippen molar-refractivity contribution in [3.8, 4) is 0 Å². The van der Waals surface area contributed by atoms with Crippen molar-refractivity contribution in [2.45, 2.75) is 37.3 Å². The predicted octanol–water partition coefficient (Wildman–Crippen LogP) is 2.94. The first kappa shape index (κ1) is 23.5. The lowest BCUT2D eigenvalue weighted by molar-refractivity contribution is -0.126. The van der Waals surface area contributed by atoms with E-state index in [1.54, 1.807) is 0 Å². The summed E-state index contributed by atoms with van der Waals surface area (Å²) in [5.74, 6) is -0.0211. The molecule has 2 aliphatic rings. The molecule has 0 spiro atoms. The van der Waals surface area contributed by atoms with Crippen molar-refractivity contribution in [3.05, 3.63) is 34.9 Å². The maximum atomic E-state index is 12.5. The van der Waals surface area contributed by atoms with Crippen LogP contribution in [0.5, 0.6) is 0 Å². The Kier molecular flexibility index (Phi) is 9.65. The summed E-state index contributed by atoms with van der Waals surface area (Å²) in [6.07, 6.45) is 3.63. The minimum atomic E-state index is -0.685.